The molecule has 4 rings (SSSR count). The molecule has 0 unspecified atom stereocenters. The molecule has 5 nitrogen and oxygen atoms in total. The number of methoxy groups -OCH3 is 2. The molecule has 0 atom stereocenters. The highest BCUT2D eigenvalue weighted by Crippen LogP contribution is 2.46. The Kier molecular flexibility index (Phi) is 5.55. The van der Waals surface area contributed by atoms with Gasteiger partial charge in [0, 0.05) is 34.2 Å². The van der Waals surface area contributed by atoms with Crippen molar-refractivity contribution in [3.63, 3.8) is 0 Å². The van der Waals surface area contributed by atoms with Gasteiger partial charge < -0.3 is 24.1 Å². The van der Waals surface area contributed by atoms with Gasteiger partial charge in [0.2, 0.25) is 0 Å². The molecule has 0 radical (unpaired) electrons. The maximum atomic E-state index is 10.2. The van der Waals surface area contributed by atoms with Crippen molar-refractivity contribution in [2.24, 2.45) is 0 Å². The van der Waals surface area contributed by atoms with E-state index in [-0.39, 0.29) is 12.5 Å². The summed E-state index contributed by atoms with van der Waals surface area (Å²) in [6, 6.07) is 18.8. The van der Waals surface area contributed by atoms with Crippen molar-refractivity contribution in [1.29, 1.82) is 0 Å². The zero-order chi connectivity index (χ0) is 20.2. The summed E-state index contributed by atoms with van der Waals surface area (Å²) in [4.78, 5) is 0. The van der Waals surface area contributed by atoms with Crippen molar-refractivity contribution in [2.45, 2.75) is 0 Å². The molecule has 0 saturated carbocycles. The van der Waals surface area contributed by atoms with Crippen LogP contribution in [0.5, 0.6) is 28.7 Å². The molecule has 0 aliphatic heterocycles. The Morgan fingerprint density at radius 3 is 2.48 bits per heavy atom. The number of hydrogen-bond acceptors (Lipinski definition) is 6. The monoisotopic (exact) mass is 408 g/mol. The van der Waals surface area contributed by atoms with Crippen molar-refractivity contribution >= 4 is 21.4 Å². The molecular formula is C23H20O5S. The normalized spacial score (nSPS) is 10.8. The molecule has 4 aromatic rings. The minimum Gasteiger partial charge on any atom is -0.508 e. The van der Waals surface area contributed by atoms with Crippen LogP contribution in [-0.4, -0.2) is 26.1 Å². The molecule has 0 amide bonds. The van der Waals surface area contributed by atoms with E-state index in [0.717, 1.165) is 27.0 Å². The van der Waals surface area contributed by atoms with Gasteiger partial charge in [0.05, 0.1) is 7.11 Å². The molecule has 29 heavy (non-hydrogen) atoms. The number of rotatable bonds is 7. The van der Waals surface area contributed by atoms with Crippen molar-refractivity contribution in [1.82, 2.24) is 0 Å². The third kappa shape index (κ3) is 3.99. The molecule has 148 valence electrons. The van der Waals surface area contributed by atoms with E-state index in [2.05, 4.69) is 6.07 Å². The van der Waals surface area contributed by atoms with Crippen LogP contribution in [0.15, 0.2) is 66.0 Å². The number of thiophene rings is 1. The molecule has 1 aromatic heterocycles. The lowest BCUT2D eigenvalue weighted by molar-refractivity contribution is 0.0511. The summed E-state index contributed by atoms with van der Waals surface area (Å²) in [5.41, 5.74) is 1.58. The minimum absolute atomic E-state index is 0.0964. The SMILES string of the molecule is COCOc1ccc(-c2cc(O)cc(OC)c2Oc2csc3ccccc23)cc1. The quantitative estimate of drug-likeness (QED) is 0.377. The first-order chi connectivity index (χ1) is 14.2. The number of hydrogen-bond donors (Lipinski definition) is 1. The third-order valence-electron chi connectivity index (χ3n) is 4.43. The molecule has 0 spiro atoms. The van der Waals surface area contributed by atoms with Crippen LogP contribution in [0.25, 0.3) is 21.2 Å². The molecule has 0 aliphatic carbocycles. The summed E-state index contributed by atoms with van der Waals surface area (Å²) in [6.45, 7) is 0.179. The standard InChI is InChI=1S/C23H20O5S/c1-25-14-27-17-9-7-15(8-10-17)19-11-16(24)12-20(26-2)23(19)28-21-13-29-22-6-4-3-5-18(21)22/h3-13,24H,14H2,1-2H3. The molecule has 1 heterocycles. The summed E-state index contributed by atoms with van der Waals surface area (Å²) in [5, 5.41) is 13.2. The molecule has 0 fully saturated rings. The fraction of sp³-hybridized carbons (Fsp3) is 0.130. The second-order valence-electron chi connectivity index (χ2n) is 6.30. The molecule has 3 aromatic carbocycles. The highest BCUT2D eigenvalue weighted by atomic mass is 32.1. The lowest BCUT2D eigenvalue weighted by Gasteiger charge is -2.16. The van der Waals surface area contributed by atoms with E-state index in [9.17, 15) is 5.11 Å². The highest BCUT2D eigenvalue weighted by Gasteiger charge is 2.18. The average molecular weight is 408 g/mol. The topological polar surface area (TPSA) is 57.2 Å². The zero-order valence-corrected chi connectivity index (χ0v) is 16.9. The minimum atomic E-state index is 0.0964. The average Bonchev–Trinajstić information content (AvgIpc) is 3.16. The van der Waals surface area contributed by atoms with Gasteiger partial charge in [0.1, 0.15) is 17.2 Å². The van der Waals surface area contributed by atoms with Crippen LogP contribution < -0.4 is 14.2 Å². The molecule has 0 bridgehead atoms. The van der Waals surface area contributed by atoms with Crippen LogP contribution in [-0.2, 0) is 4.74 Å². The Balaban J connectivity index is 1.77. The van der Waals surface area contributed by atoms with Gasteiger partial charge in [-0.1, -0.05) is 24.3 Å². The number of fused-ring (bicyclic) bond motifs is 1. The predicted octanol–water partition coefficient (Wildman–Crippen LogP) is 6.06. The highest BCUT2D eigenvalue weighted by molar-refractivity contribution is 7.17. The predicted molar refractivity (Wildman–Crippen MR) is 114 cm³/mol. The van der Waals surface area contributed by atoms with Crippen LogP contribution in [0.4, 0.5) is 0 Å². The number of benzene rings is 3. The van der Waals surface area contributed by atoms with Crippen LogP contribution >= 0.6 is 11.3 Å². The van der Waals surface area contributed by atoms with Crippen molar-refractivity contribution < 1.29 is 24.1 Å². The van der Waals surface area contributed by atoms with E-state index in [1.54, 1.807) is 37.7 Å². The molecule has 0 aliphatic rings. The van der Waals surface area contributed by atoms with Crippen LogP contribution in [0.3, 0.4) is 0 Å². The van der Waals surface area contributed by atoms with Crippen molar-refractivity contribution in [3.05, 3.63) is 66.0 Å². The lowest BCUT2D eigenvalue weighted by Crippen LogP contribution is -1.98. The smallest absolute Gasteiger partial charge is 0.188 e. The zero-order valence-electron chi connectivity index (χ0n) is 16.0. The van der Waals surface area contributed by atoms with E-state index < -0.39 is 0 Å². The summed E-state index contributed by atoms with van der Waals surface area (Å²) < 4.78 is 23.3. The van der Waals surface area contributed by atoms with Gasteiger partial charge in [-0.2, -0.15) is 0 Å². The van der Waals surface area contributed by atoms with E-state index >= 15 is 0 Å². The van der Waals surface area contributed by atoms with E-state index in [1.807, 2.05) is 47.8 Å². The Labute approximate surface area is 172 Å². The molecule has 1 N–H and O–H groups in total. The summed E-state index contributed by atoms with van der Waals surface area (Å²) in [5.74, 6) is 2.53. The molecule has 6 heteroatoms. The van der Waals surface area contributed by atoms with Gasteiger partial charge in [-0.3, -0.25) is 0 Å². The maximum Gasteiger partial charge on any atom is 0.188 e. The second kappa shape index (κ2) is 8.43. The number of aromatic hydroxyl groups is 1. The first-order valence-corrected chi connectivity index (χ1v) is 9.85. The summed E-state index contributed by atoms with van der Waals surface area (Å²) in [7, 11) is 3.13. The summed E-state index contributed by atoms with van der Waals surface area (Å²) in [6.07, 6.45) is 0. The number of phenolic OH excluding ortho intramolecular Hbond substituents is 1. The fourth-order valence-corrected chi connectivity index (χ4v) is 3.92. The van der Waals surface area contributed by atoms with Crippen molar-refractivity contribution in [3.8, 4) is 39.9 Å². The Bertz CT molecular complexity index is 1120. The van der Waals surface area contributed by atoms with Crippen LogP contribution in [0.2, 0.25) is 0 Å². The molecular weight excluding hydrogens is 388 g/mol. The van der Waals surface area contributed by atoms with E-state index in [1.165, 1.54) is 0 Å². The third-order valence-corrected chi connectivity index (χ3v) is 5.37. The number of ether oxygens (including phenoxy) is 4. The lowest BCUT2D eigenvalue weighted by atomic mass is 10.0. The maximum absolute atomic E-state index is 10.2. The van der Waals surface area contributed by atoms with Gasteiger partial charge in [0.25, 0.3) is 0 Å². The van der Waals surface area contributed by atoms with Crippen molar-refractivity contribution in [2.75, 3.05) is 21.0 Å². The van der Waals surface area contributed by atoms with Gasteiger partial charge in [-0.15, -0.1) is 11.3 Å². The van der Waals surface area contributed by atoms with Gasteiger partial charge >= 0.3 is 0 Å². The van der Waals surface area contributed by atoms with Gasteiger partial charge in [-0.05, 0) is 35.9 Å². The first-order valence-electron chi connectivity index (χ1n) is 8.97. The second-order valence-corrected chi connectivity index (χ2v) is 7.21. The first kappa shape index (κ1) is 19.1. The van der Waals surface area contributed by atoms with Gasteiger partial charge in [-0.25, -0.2) is 0 Å². The van der Waals surface area contributed by atoms with Crippen LogP contribution in [0, 0.1) is 0 Å². The Morgan fingerprint density at radius 2 is 1.72 bits per heavy atom. The fourth-order valence-electron chi connectivity index (χ4n) is 3.06. The molecule has 0 saturated heterocycles. The van der Waals surface area contributed by atoms with E-state index in [0.29, 0.717) is 17.2 Å². The Morgan fingerprint density at radius 1 is 0.931 bits per heavy atom. The number of phenols is 1. The van der Waals surface area contributed by atoms with E-state index in [4.69, 9.17) is 18.9 Å². The largest absolute Gasteiger partial charge is 0.508 e. The Hall–Kier alpha value is -3.22. The summed E-state index contributed by atoms with van der Waals surface area (Å²) >= 11 is 1.62. The van der Waals surface area contributed by atoms with Crippen LogP contribution in [0.1, 0.15) is 0 Å². The van der Waals surface area contributed by atoms with Gasteiger partial charge in [0.15, 0.2) is 18.3 Å².